The molecule has 0 spiro atoms. The lowest BCUT2D eigenvalue weighted by Crippen LogP contribution is -2.47. The van der Waals surface area contributed by atoms with Gasteiger partial charge in [-0.1, -0.05) is 0 Å². The van der Waals surface area contributed by atoms with Crippen molar-refractivity contribution < 1.29 is 4.74 Å². The van der Waals surface area contributed by atoms with Crippen LogP contribution in [-0.4, -0.2) is 36.8 Å². The minimum absolute atomic E-state index is 0.0837. The van der Waals surface area contributed by atoms with Crippen LogP contribution in [-0.2, 0) is 10.3 Å². The summed E-state index contributed by atoms with van der Waals surface area (Å²) in [6.45, 7) is 3.73. The van der Waals surface area contributed by atoms with Gasteiger partial charge in [0.1, 0.15) is 5.01 Å². The van der Waals surface area contributed by atoms with Gasteiger partial charge in [0.2, 0.25) is 0 Å². The molecule has 2 heterocycles. The van der Waals surface area contributed by atoms with E-state index >= 15 is 0 Å². The molecule has 0 aliphatic carbocycles. The van der Waals surface area contributed by atoms with Gasteiger partial charge in [0.25, 0.3) is 0 Å². The van der Waals surface area contributed by atoms with Crippen LogP contribution in [0.5, 0.6) is 0 Å². The first-order chi connectivity index (χ1) is 8.27. The van der Waals surface area contributed by atoms with Crippen molar-refractivity contribution in [1.82, 2.24) is 10.3 Å². The third-order valence-corrected chi connectivity index (χ3v) is 5.48. The van der Waals surface area contributed by atoms with Crippen LogP contribution >= 0.6 is 23.1 Å². The molecule has 3 nitrogen and oxygen atoms in total. The van der Waals surface area contributed by atoms with Crippen molar-refractivity contribution in [1.29, 1.82) is 0 Å². The first-order valence-electron chi connectivity index (χ1n) is 6.01. The third kappa shape index (κ3) is 3.22. The average Bonchev–Trinajstić information content (AvgIpc) is 2.78. The van der Waals surface area contributed by atoms with Gasteiger partial charge < -0.3 is 10.1 Å². The molecule has 1 aromatic heterocycles. The summed E-state index contributed by atoms with van der Waals surface area (Å²) in [6.07, 6.45) is 2.46. The van der Waals surface area contributed by atoms with E-state index in [4.69, 9.17) is 4.74 Å². The molecule has 0 saturated carbocycles. The number of rotatable bonds is 5. The van der Waals surface area contributed by atoms with E-state index in [1.165, 1.54) is 23.6 Å². The monoisotopic (exact) mass is 272 g/mol. The largest absolute Gasteiger partial charge is 0.383 e. The highest BCUT2D eigenvalue weighted by molar-refractivity contribution is 7.99. The van der Waals surface area contributed by atoms with E-state index in [0.717, 1.165) is 24.6 Å². The molecule has 96 valence electrons. The number of aryl methyl sites for hydroxylation is 1. The SMILES string of the molecule is COCCNC1(c2nc(C)cs2)CCCSC1. The number of methoxy groups -OCH3 is 1. The third-order valence-electron chi connectivity index (χ3n) is 3.04. The predicted octanol–water partition coefficient (Wildman–Crippen LogP) is 2.41. The Bertz CT molecular complexity index is 348. The van der Waals surface area contributed by atoms with E-state index in [0.29, 0.717) is 0 Å². The fourth-order valence-electron chi connectivity index (χ4n) is 2.14. The van der Waals surface area contributed by atoms with Crippen LogP contribution in [0.25, 0.3) is 0 Å². The van der Waals surface area contributed by atoms with E-state index in [9.17, 15) is 0 Å². The summed E-state index contributed by atoms with van der Waals surface area (Å²) in [6, 6.07) is 0. The highest BCUT2D eigenvalue weighted by Crippen LogP contribution is 2.36. The summed E-state index contributed by atoms with van der Waals surface area (Å²) >= 11 is 3.81. The molecule has 1 aromatic rings. The lowest BCUT2D eigenvalue weighted by atomic mass is 9.96. The lowest BCUT2D eigenvalue weighted by molar-refractivity contribution is 0.184. The minimum Gasteiger partial charge on any atom is -0.383 e. The van der Waals surface area contributed by atoms with Crippen molar-refractivity contribution >= 4 is 23.1 Å². The van der Waals surface area contributed by atoms with Crippen molar-refractivity contribution in [3.05, 3.63) is 16.1 Å². The van der Waals surface area contributed by atoms with Gasteiger partial charge in [0.05, 0.1) is 12.1 Å². The first kappa shape index (κ1) is 13.3. The number of thiazole rings is 1. The normalized spacial score (nSPS) is 25.1. The van der Waals surface area contributed by atoms with Crippen LogP contribution in [0, 0.1) is 6.92 Å². The standard InChI is InChI=1S/C12H20N2OS2/c1-10-8-17-11(14-10)12(13-5-6-15-2)4-3-7-16-9-12/h8,13H,3-7,9H2,1-2H3. The molecule has 1 unspecified atom stereocenters. The van der Waals surface area contributed by atoms with Crippen molar-refractivity contribution in [3.63, 3.8) is 0 Å². The molecule has 1 N–H and O–H groups in total. The van der Waals surface area contributed by atoms with Crippen LogP contribution < -0.4 is 5.32 Å². The second-order valence-electron chi connectivity index (χ2n) is 4.45. The molecule has 1 aliphatic rings. The number of ether oxygens (including phenoxy) is 1. The van der Waals surface area contributed by atoms with Crippen molar-refractivity contribution in [2.75, 3.05) is 31.8 Å². The molecule has 0 bridgehead atoms. The maximum Gasteiger partial charge on any atom is 0.114 e. The number of hydrogen-bond donors (Lipinski definition) is 1. The second kappa shape index (κ2) is 6.18. The predicted molar refractivity (Wildman–Crippen MR) is 75.0 cm³/mol. The summed E-state index contributed by atoms with van der Waals surface area (Å²) in [7, 11) is 1.75. The van der Waals surface area contributed by atoms with Gasteiger partial charge in [-0.2, -0.15) is 11.8 Å². The Kier molecular flexibility index (Phi) is 4.85. The van der Waals surface area contributed by atoms with Gasteiger partial charge in [-0.3, -0.25) is 0 Å². The van der Waals surface area contributed by atoms with E-state index in [2.05, 4.69) is 22.6 Å². The van der Waals surface area contributed by atoms with E-state index in [1.54, 1.807) is 18.4 Å². The van der Waals surface area contributed by atoms with Gasteiger partial charge in [0.15, 0.2) is 0 Å². The minimum atomic E-state index is 0.0837. The Morgan fingerprint density at radius 1 is 1.59 bits per heavy atom. The van der Waals surface area contributed by atoms with Gasteiger partial charge in [-0.15, -0.1) is 11.3 Å². The van der Waals surface area contributed by atoms with E-state index in [-0.39, 0.29) is 5.54 Å². The molecule has 0 aromatic carbocycles. The fraction of sp³-hybridized carbons (Fsp3) is 0.750. The molecule has 5 heteroatoms. The number of hydrogen-bond acceptors (Lipinski definition) is 5. The molecule has 1 fully saturated rings. The molecular weight excluding hydrogens is 252 g/mol. The van der Waals surface area contributed by atoms with Gasteiger partial charge >= 0.3 is 0 Å². The molecule has 1 aliphatic heterocycles. The van der Waals surface area contributed by atoms with Crippen LogP contribution in [0.3, 0.4) is 0 Å². The highest BCUT2D eigenvalue weighted by atomic mass is 32.2. The Morgan fingerprint density at radius 2 is 2.47 bits per heavy atom. The summed E-state index contributed by atoms with van der Waals surface area (Å²) in [5.74, 6) is 2.40. The molecule has 0 radical (unpaired) electrons. The number of nitrogens with one attached hydrogen (secondary N) is 1. The summed E-state index contributed by atoms with van der Waals surface area (Å²) in [4.78, 5) is 4.69. The summed E-state index contributed by atoms with van der Waals surface area (Å²) in [5, 5.41) is 7.06. The van der Waals surface area contributed by atoms with Crippen LogP contribution in [0.2, 0.25) is 0 Å². The molecule has 1 atom stereocenters. The number of thioether (sulfide) groups is 1. The van der Waals surface area contributed by atoms with Crippen molar-refractivity contribution in [2.24, 2.45) is 0 Å². The Hall–Kier alpha value is -0.100. The maximum atomic E-state index is 5.13. The highest BCUT2D eigenvalue weighted by Gasteiger charge is 2.36. The average molecular weight is 272 g/mol. The van der Waals surface area contributed by atoms with Crippen molar-refractivity contribution in [2.45, 2.75) is 25.3 Å². The van der Waals surface area contributed by atoms with Gasteiger partial charge in [-0.25, -0.2) is 4.98 Å². The van der Waals surface area contributed by atoms with Crippen LogP contribution in [0.1, 0.15) is 23.5 Å². The van der Waals surface area contributed by atoms with Crippen LogP contribution in [0.4, 0.5) is 0 Å². The zero-order valence-corrected chi connectivity index (χ0v) is 12.1. The maximum absolute atomic E-state index is 5.13. The molecule has 2 rings (SSSR count). The smallest absolute Gasteiger partial charge is 0.114 e. The van der Waals surface area contributed by atoms with Gasteiger partial charge in [0, 0.05) is 30.5 Å². The second-order valence-corrected chi connectivity index (χ2v) is 6.42. The fourth-order valence-corrected chi connectivity index (χ4v) is 4.46. The Labute approximate surface area is 111 Å². The summed E-state index contributed by atoms with van der Waals surface area (Å²) in [5.41, 5.74) is 1.22. The molecule has 17 heavy (non-hydrogen) atoms. The van der Waals surface area contributed by atoms with E-state index in [1.807, 2.05) is 11.8 Å². The van der Waals surface area contributed by atoms with Gasteiger partial charge in [-0.05, 0) is 25.5 Å². The molecular formula is C12H20N2OS2. The zero-order valence-electron chi connectivity index (χ0n) is 10.5. The lowest BCUT2D eigenvalue weighted by Gasteiger charge is -2.36. The quantitative estimate of drug-likeness (QED) is 0.835. The zero-order chi connectivity index (χ0) is 12.1. The van der Waals surface area contributed by atoms with Crippen molar-refractivity contribution in [3.8, 4) is 0 Å². The molecule has 0 amide bonds. The van der Waals surface area contributed by atoms with Crippen LogP contribution in [0.15, 0.2) is 5.38 Å². The number of aromatic nitrogens is 1. The summed E-state index contributed by atoms with van der Waals surface area (Å²) < 4.78 is 5.13. The Morgan fingerprint density at radius 3 is 3.06 bits per heavy atom. The van der Waals surface area contributed by atoms with E-state index < -0.39 is 0 Å². The topological polar surface area (TPSA) is 34.1 Å². The number of nitrogens with zero attached hydrogens (tertiary/aromatic N) is 1. The first-order valence-corrected chi connectivity index (χ1v) is 8.05. The Balaban J connectivity index is 2.11. The molecule has 1 saturated heterocycles.